The first-order valence-electron chi connectivity index (χ1n) is 7.50. The summed E-state index contributed by atoms with van der Waals surface area (Å²) in [5.74, 6) is 1.52. The topological polar surface area (TPSA) is 27.7 Å². The predicted octanol–water partition coefficient (Wildman–Crippen LogP) is 3.38. The highest BCUT2D eigenvalue weighted by Crippen LogP contribution is 2.36. The van der Waals surface area contributed by atoms with Crippen molar-refractivity contribution in [1.82, 2.24) is 0 Å². The van der Waals surface area contributed by atoms with E-state index in [1.54, 1.807) is 0 Å². The van der Waals surface area contributed by atoms with Crippen LogP contribution in [0.1, 0.15) is 40.5 Å². The van der Waals surface area contributed by atoms with E-state index < -0.39 is 0 Å². The van der Waals surface area contributed by atoms with Gasteiger partial charge < -0.3 is 14.0 Å². The zero-order valence-corrected chi connectivity index (χ0v) is 14.1. The van der Waals surface area contributed by atoms with Crippen molar-refractivity contribution in [3.8, 4) is 5.75 Å². The van der Waals surface area contributed by atoms with Crippen LogP contribution < -0.4 is 10.2 Å². The van der Waals surface area contributed by atoms with Crippen LogP contribution in [-0.4, -0.2) is 30.8 Å². The molecule has 0 spiro atoms. The molecular formula is C16H24BClO3. The lowest BCUT2D eigenvalue weighted by molar-refractivity contribution is 0.00578. The molecule has 1 aromatic carbocycles. The maximum Gasteiger partial charge on any atom is 0.494 e. The van der Waals surface area contributed by atoms with Crippen molar-refractivity contribution in [2.24, 2.45) is 0 Å². The summed E-state index contributed by atoms with van der Waals surface area (Å²) in [5.41, 5.74) is 0.340. The second kappa shape index (κ2) is 6.59. The van der Waals surface area contributed by atoms with Gasteiger partial charge in [-0.15, -0.1) is 11.6 Å². The number of unbranched alkanes of at least 4 members (excludes halogenated alkanes) is 1. The summed E-state index contributed by atoms with van der Waals surface area (Å²) in [6, 6.07) is 7.92. The monoisotopic (exact) mass is 310 g/mol. The number of hydrogen-bond acceptors (Lipinski definition) is 3. The number of alkyl halides is 1. The summed E-state index contributed by atoms with van der Waals surface area (Å²) < 4.78 is 17.8. The molecule has 0 aliphatic carbocycles. The molecule has 0 N–H and O–H groups in total. The van der Waals surface area contributed by atoms with Gasteiger partial charge in [-0.25, -0.2) is 0 Å². The van der Waals surface area contributed by atoms with E-state index in [0.717, 1.165) is 24.1 Å². The van der Waals surface area contributed by atoms with Crippen molar-refractivity contribution < 1.29 is 14.0 Å². The van der Waals surface area contributed by atoms with Crippen LogP contribution >= 0.6 is 11.6 Å². The average Bonchev–Trinajstić information content (AvgIpc) is 2.64. The fraction of sp³-hybridized carbons (Fsp3) is 0.625. The van der Waals surface area contributed by atoms with E-state index in [4.69, 9.17) is 25.6 Å². The molecule has 0 saturated carbocycles. The first-order chi connectivity index (χ1) is 9.86. The van der Waals surface area contributed by atoms with Crippen molar-refractivity contribution >= 4 is 24.2 Å². The normalized spacial score (nSPS) is 19.8. The molecule has 5 heteroatoms. The molecule has 0 aromatic heterocycles. The molecule has 21 heavy (non-hydrogen) atoms. The van der Waals surface area contributed by atoms with Crippen LogP contribution in [0.2, 0.25) is 0 Å². The summed E-state index contributed by atoms with van der Waals surface area (Å²) in [4.78, 5) is 0. The summed E-state index contributed by atoms with van der Waals surface area (Å²) in [7, 11) is -0.346. The van der Waals surface area contributed by atoms with E-state index in [9.17, 15) is 0 Å². The van der Waals surface area contributed by atoms with E-state index in [2.05, 4.69) is 27.7 Å². The molecule has 2 rings (SSSR count). The van der Waals surface area contributed by atoms with Crippen LogP contribution in [0.15, 0.2) is 24.3 Å². The minimum Gasteiger partial charge on any atom is -0.494 e. The Hall–Kier alpha value is -0.705. The van der Waals surface area contributed by atoms with Crippen LogP contribution in [0.3, 0.4) is 0 Å². The quantitative estimate of drug-likeness (QED) is 0.458. The first kappa shape index (κ1) is 16.7. The Morgan fingerprint density at radius 1 is 1.10 bits per heavy atom. The molecule has 3 nitrogen and oxygen atoms in total. The van der Waals surface area contributed by atoms with E-state index in [1.165, 1.54) is 0 Å². The van der Waals surface area contributed by atoms with Crippen LogP contribution in [-0.2, 0) is 9.31 Å². The molecule has 0 atom stereocenters. The molecule has 1 aromatic rings. The minimum absolute atomic E-state index is 0.325. The fourth-order valence-electron chi connectivity index (χ4n) is 2.12. The number of ether oxygens (including phenoxy) is 1. The lowest BCUT2D eigenvalue weighted by Crippen LogP contribution is -2.41. The van der Waals surface area contributed by atoms with Gasteiger partial charge in [0.25, 0.3) is 0 Å². The van der Waals surface area contributed by atoms with Crippen LogP contribution in [0.5, 0.6) is 5.75 Å². The van der Waals surface area contributed by atoms with Gasteiger partial charge in [0.15, 0.2) is 0 Å². The molecule has 1 saturated heterocycles. The lowest BCUT2D eigenvalue weighted by Gasteiger charge is -2.32. The second-order valence-corrected chi connectivity index (χ2v) is 6.78. The van der Waals surface area contributed by atoms with Crippen molar-refractivity contribution in [2.75, 3.05) is 12.5 Å². The highest BCUT2D eigenvalue weighted by Gasteiger charge is 2.51. The van der Waals surface area contributed by atoms with Crippen molar-refractivity contribution in [2.45, 2.75) is 51.7 Å². The summed E-state index contributed by atoms with van der Waals surface area (Å²) >= 11 is 5.66. The van der Waals surface area contributed by atoms with Crippen LogP contribution in [0.25, 0.3) is 0 Å². The van der Waals surface area contributed by atoms with Gasteiger partial charge in [0.1, 0.15) is 5.75 Å². The second-order valence-electron chi connectivity index (χ2n) is 6.41. The third-order valence-electron chi connectivity index (χ3n) is 4.18. The van der Waals surface area contributed by atoms with Crippen LogP contribution in [0, 0.1) is 0 Å². The summed E-state index contributed by atoms with van der Waals surface area (Å²) in [5, 5.41) is 0. The molecular weight excluding hydrogens is 286 g/mol. The zero-order valence-electron chi connectivity index (χ0n) is 13.3. The summed E-state index contributed by atoms with van der Waals surface area (Å²) in [6.45, 7) is 8.90. The van der Waals surface area contributed by atoms with Gasteiger partial charge >= 0.3 is 7.12 Å². The molecule has 1 fully saturated rings. The number of hydrogen-bond donors (Lipinski definition) is 0. The number of rotatable bonds is 6. The highest BCUT2D eigenvalue weighted by atomic mass is 35.5. The van der Waals surface area contributed by atoms with Crippen molar-refractivity contribution in [1.29, 1.82) is 0 Å². The van der Waals surface area contributed by atoms with E-state index >= 15 is 0 Å². The van der Waals surface area contributed by atoms with Gasteiger partial charge in [-0.05, 0) is 58.1 Å². The fourth-order valence-corrected chi connectivity index (χ4v) is 2.31. The predicted molar refractivity (Wildman–Crippen MR) is 87.6 cm³/mol. The molecule has 116 valence electrons. The van der Waals surface area contributed by atoms with Gasteiger partial charge in [-0.1, -0.05) is 12.1 Å². The van der Waals surface area contributed by atoms with Gasteiger partial charge in [0.2, 0.25) is 0 Å². The maximum atomic E-state index is 6.05. The van der Waals surface area contributed by atoms with Gasteiger partial charge in [0, 0.05) is 5.88 Å². The first-order valence-corrected chi connectivity index (χ1v) is 8.03. The van der Waals surface area contributed by atoms with E-state index in [1.807, 2.05) is 24.3 Å². The third-order valence-corrected chi connectivity index (χ3v) is 4.45. The minimum atomic E-state index is -0.346. The standard InChI is InChI=1S/C16H24BClO3/c1-15(2)16(3,4)21-17(20-15)13-8-7-9-14(12-13)19-11-6-5-10-18/h7-9,12H,5-6,10-11H2,1-4H3. The lowest BCUT2D eigenvalue weighted by atomic mass is 9.79. The van der Waals surface area contributed by atoms with E-state index in [0.29, 0.717) is 12.5 Å². The van der Waals surface area contributed by atoms with Crippen LogP contribution in [0.4, 0.5) is 0 Å². The largest absolute Gasteiger partial charge is 0.494 e. The maximum absolute atomic E-state index is 6.05. The van der Waals surface area contributed by atoms with Gasteiger partial charge in [-0.2, -0.15) is 0 Å². The molecule has 1 aliphatic heterocycles. The number of benzene rings is 1. The highest BCUT2D eigenvalue weighted by molar-refractivity contribution is 6.62. The molecule has 0 bridgehead atoms. The Labute approximate surface area is 133 Å². The molecule has 0 amide bonds. The third kappa shape index (κ3) is 3.94. The Morgan fingerprint density at radius 3 is 2.38 bits per heavy atom. The van der Waals surface area contributed by atoms with Crippen molar-refractivity contribution in [3.63, 3.8) is 0 Å². The average molecular weight is 311 g/mol. The molecule has 1 aliphatic rings. The SMILES string of the molecule is CC1(C)OB(c2cccc(OCCCCCl)c2)OC1(C)C. The number of halogens is 1. The van der Waals surface area contributed by atoms with E-state index in [-0.39, 0.29) is 18.3 Å². The zero-order chi connectivity index (χ0) is 15.5. The Bertz CT molecular complexity index is 460. The smallest absolute Gasteiger partial charge is 0.494 e. The molecule has 0 radical (unpaired) electrons. The summed E-state index contributed by atoms with van der Waals surface area (Å²) in [6.07, 6.45) is 1.93. The van der Waals surface area contributed by atoms with Gasteiger partial charge in [-0.3, -0.25) is 0 Å². The van der Waals surface area contributed by atoms with Gasteiger partial charge in [0.05, 0.1) is 17.8 Å². The molecule has 1 heterocycles. The Balaban J connectivity index is 2.02. The molecule has 0 unspecified atom stereocenters. The Morgan fingerprint density at radius 2 is 1.76 bits per heavy atom. The Kier molecular flexibility index (Phi) is 5.23. The van der Waals surface area contributed by atoms with Crippen molar-refractivity contribution in [3.05, 3.63) is 24.3 Å².